The van der Waals surface area contributed by atoms with Crippen LogP contribution in [0.3, 0.4) is 0 Å². The third-order valence-electron chi connectivity index (χ3n) is 7.29. The second kappa shape index (κ2) is 17.3. The van der Waals surface area contributed by atoms with Crippen LogP contribution in [0.5, 0.6) is 0 Å². The second-order valence-electron chi connectivity index (χ2n) is 12.6. The maximum absolute atomic E-state index is 2.99. The predicted molar refractivity (Wildman–Crippen MR) is 198 cm³/mol. The number of allylic oxidation sites excluding steroid dienone is 4. The Morgan fingerprint density at radius 3 is 1.36 bits per heavy atom. The second-order valence-corrected chi connectivity index (χ2v) is 16.4. The normalized spacial score (nSPS) is 12.0. The van der Waals surface area contributed by atoms with E-state index in [-0.39, 0.29) is 35.6 Å². The molecular formula is C39H38Cl2I2Zr-2. The Kier molecular flexibility index (Phi) is 15.4. The summed E-state index contributed by atoms with van der Waals surface area (Å²) in [6.07, 6.45) is 10.0. The van der Waals surface area contributed by atoms with Crippen molar-refractivity contribution in [3.63, 3.8) is 0 Å². The molecule has 0 radical (unpaired) electrons. The van der Waals surface area contributed by atoms with Crippen molar-refractivity contribution in [2.45, 2.75) is 58.8 Å². The molecule has 0 heterocycles. The van der Waals surface area contributed by atoms with Crippen LogP contribution in [0.25, 0.3) is 21.5 Å². The predicted octanol–water partition coefficient (Wildman–Crippen LogP) is 5.63. The fraction of sp³-hybridized carbons (Fsp3) is 0.231. The molecule has 0 bridgehead atoms. The maximum atomic E-state index is 2.99. The summed E-state index contributed by atoms with van der Waals surface area (Å²) in [5.74, 6) is 0. The van der Waals surface area contributed by atoms with Gasteiger partial charge in [0, 0.05) is 0 Å². The molecule has 0 nitrogen and oxygen atoms in total. The fourth-order valence-corrected chi connectivity index (χ4v) is 6.23. The third-order valence-corrected chi connectivity index (χ3v) is 10.1. The van der Waals surface area contributed by atoms with Gasteiger partial charge in [0.25, 0.3) is 0 Å². The van der Waals surface area contributed by atoms with Gasteiger partial charge in [-0.15, -0.1) is 46.2 Å². The Hall–Kier alpha value is -0.977. The molecule has 0 N–H and O–H groups in total. The number of benzene rings is 4. The molecule has 5 aromatic rings. The van der Waals surface area contributed by atoms with Crippen LogP contribution in [-0.2, 0) is 35.1 Å². The van der Waals surface area contributed by atoms with Gasteiger partial charge in [-0.2, -0.15) is 6.08 Å². The van der Waals surface area contributed by atoms with Crippen LogP contribution in [0, 0.1) is 13.2 Å². The zero-order chi connectivity index (χ0) is 30.5. The van der Waals surface area contributed by atoms with E-state index in [1.54, 1.807) is 0 Å². The summed E-state index contributed by atoms with van der Waals surface area (Å²) in [6, 6.07) is 33.6. The van der Waals surface area contributed by atoms with E-state index in [9.17, 15) is 0 Å². The van der Waals surface area contributed by atoms with Gasteiger partial charge in [-0.05, 0) is 10.8 Å². The van der Waals surface area contributed by atoms with Crippen LogP contribution in [0.1, 0.15) is 70.2 Å². The molecule has 1 aliphatic rings. The molecule has 0 amide bonds. The van der Waals surface area contributed by atoms with E-state index in [0.717, 1.165) is 6.42 Å². The summed E-state index contributed by atoms with van der Waals surface area (Å²) in [7, 11) is 0. The first kappa shape index (κ1) is 39.2. The molecule has 5 aromatic carbocycles. The van der Waals surface area contributed by atoms with Crippen LogP contribution in [0.15, 0.2) is 109 Å². The fourth-order valence-electron chi connectivity index (χ4n) is 4.70. The average Bonchev–Trinajstić information content (AvgIpc) is 3.64. The molecule has 0 unspecified atom stereocenters. The monoisotopic (exact) mass is 920 g/mol. The molecule has 0 saturated heterocycles. The summed E-state index contributed by atoms with van der Waals surface area (Å²) in [4.78, 5) is 0. The zero-order valence-corrected chi connectivity index (χ0v) is 34.4. The Morgan fingerprint density at radius 1 is 0.659 bits per heavy atom. The molecule has 0 saturated carbocycles. The minimum absolute atomic E-state index is 0. The van der Waals surface area contributed by atoms with Crippen LogP contribution in [0.4, 0.5) is 0 Å². The van der Waals surface area contributed by atoms with Gasteiger partial charge in [-0.1, -0.05) is 76.9 Å². The number of hydrogen-bond donors (Lipinski definition) is 0. The topological polar surface area (TPSA) is 0 Å². The van der Waals surface area contributed by atoms with E-state index in [2.05, 4.69) is 190 Å². The molecule has 0 atom stereocenters. The van der Waals surface area contributed by atoms with Crippen LogP contribution < -0.4 is 24.8 Å². The number of fused-ring (bicyclic) bond motifs is 3. The van der Waals surface area contributed by atoms with Gasteiger partial charge in [0.1, 0.15) is 0 Å². The van der Waals surface area contributed by atoms with Gasteiger partial charge in [0.2, 0.25) is 0 Å². The molecule has 0 spiro atoms. The van der Waals surface area contributed by atoms with Crippen molar-refractivity contribution in [3.05, 3.63) is 145 Å². The first-order valence-electron chi connectivity index (χ1n) is 14.3. The molecule has 6 rings (SSSR count). The average molecular weight is 923 g/mol. The van der Waals surface area contributed by atoms with E-state index in [0.29, 0.717) is 0 Å². The first-order chi connectivity index (χ1) is 19.8. The van der Waals surface area contributed by atoms with Gasteiger partial charge < -0.3 is 24.8 Å². The van der Waals surface area contributed by atoms with E-state index < -0.39 is 0 Å². The van der Waals surface area contributed by atoms with Gasteiger partial charge >= 0.3 is 139 Å². The minimum atomic E-state index is 0. The molecule has 5 heteroatoms. The molecular weight excluding hydrogens is 884 g/mol. The van der Waals surface area contributed by atoms with Crippen LogP contribution in [0.2, 0.25) is 0 Å². The summed E-state index contributed by atoms with van der Waals surface area (Å²) in [6.45, 7) is 13.6. The molecule has 44 heavy (non-hydrogen) atoms. The van der Waals surface area contributed by atoms with Crippen molar-refractivity contribution >= 4 is 69.9 Å². The summed E-state index contributed by atoms with van der Waals surface area (Å²) >= 11 is 6.13. The number of hydrogen-bond acceptors (Lipinski definition) is 0. The molecule has 0 fully saturated rings. The van der Waals surface area contributed by atoms with Crippen molar-refractivity contribution in [1.82, 2.24) is 0 Å². The molecule has 0 aliphatic heterocycles. The van der Waals surface area contributed by atoms with Crippen molar-refractivity contribution < 1.29 is 49.0 Å². The van der Waals surface area contributed by atoms with Gasteiger partial charge in [0.15, 0.2) is 0 Å². The Labute approximate surface area is 319 Å². The summed E-state index contributed by atoms with van der Waals surface area (Å²) in [5, 5.41) is 5.48. The summed E-state index contributed by atoms with van der Waals surface area (Å²) < 4.78 is 3.99. The van der Waals surface area contributed by atoms with Crippen molar-refractivity contribution in [1.29, 1.82) is 0 Å². The van der Waals surface area contributed by atoms with Crippen LogP contribution >= 0.6 is 45.2 Å². The quantitative estimate of drug-likeness (QED) is 0.159. The third kappa shape index (κ3) is 10.8. The Morgan fingerprint density at radius 2 is 1.07 bits per heavy atom. The van der Waals surface area contributed by atoms with Gasteiger partial charge in [0.05, 0.1) is 0 Å². The molecule has 0 aromatic heterocycles. The van der Waals surface area contributed by atoms with E-state index in [1.807, 2.05) is 12.2 Å². The Bertz CT molecular complexity index is 1600. The number of halogens is 4. The van der Waals surface area contributed by atoms with E-state index >= 15 is 0 Å². The number of rotatable bonds is 2. The van der Waals surface area contributed by atoms with Crippen molar-refractivity contribution in [2.24, 2.45) is 0 Å². The molecule has 228 valence electrons. The van der Waals surface area contributed by atoms with Gasteiger partial charge in [-0.3, -0.25) is 6.08 Å². The van der Waals surface area contributed by atoms with E-state index in [4.69, 9.17) is 0 Å². The zero-order valence-electron chi connectivity index (χ0n) is 26.1. The summed E-state index contributed by atoms with van der Waals surface area (Å²) in [5.41, 5.74) is 5.88. The van der Waals surface area contributed by atoms with Crippen molar-refractivity contribution in [3.8, 4) is 0 Å². The first-order valence-corrected chi connectivity index (χ1v) is 17.7. The Balaban J connectivity index is 0.000000260. The SMILES string of the molecule is CC(C)(C)c1ccc2c(c1)[cH-]c1cc(C(C)(C)C)ccc12.[C-]1=CC=CC1.[Cl-].[Cl-].[Zr+2]=[C](c1ccc(I)cc1)c1ccc(I)cc1. The van der Waals surface area contributed by atoms with Crippen LogP contribution in [-0.4, -0.2) is 3.21 Å². The van der Waals surface area contributed by atoms with E-state index in [1.165, 1.54) is 78.4 Å². The standard InChI is InChI=1S/C21H25.C13H8I2.C5H5.2ClH.Zr/c1-20(2,3)16-7-9-18-14(12-16)11-15-13-17(21(4,5)6)8-10-19(15)18;14-12-5-1-10(2-6-12)9-11-3-7-13(15)8-4-11;1-2-4-5-3-1;;;/h7-13H,1-6H3;1-8H;1-3H,4H2;2*1H;/q-1;;-1;;;+2/p-2. The van der Waals surface area contributed by atoms with Gasteiger partial charge in [-0.25, -0.2) is 12.2 Å². The van der Waals surface area contributed by atoms with Crippen molar-refractivity contribution in [2.75, 3.05) is 0 Å². The molecule has 1 aliphatic carbocycles.